The molecule has 0 aliphatic carbocycles. The molecule has 1 aliphatic heterocycles. The van der Waals surface area contributed by atoms with Crippen LogP contribution in [-0.4, -0.2) is 46.3 Å². The molecule has 6 nitrogen and oxygen atoms in total. The minimum absolute atomic E-state index is 0.00756. The summed E-state index contributed by atoms with van der Waals surface area (Å²) in [5, 5.41) is 5.09. The van der Waals surface area contributed by atoms with Crippen LogP contribution in [-0.2, 0) is 11.2 Å². The Hall–Kier alpha value is -3.06. The maximum absolute atomic E-state index is 13.3. The SMILES string of the molecule is CCNC(=O)C1(Cc2ccccc2-c2cccs2)CCN(C(=O)c2cnc(C)nc2C)C1. The highest BCUT2D eigenvalue weighted by Gasteiger charge is 2.46. The van der Waals surface area contributed by atoms with Crippen LogP contribution in [0.1, 0.15) is 40.8 Å². The predicted molar refractivity (Wildman–Crippen MR) is 127 cm³/mol. The molecular weight excluding hydrogens is 420 g/mol. The van der Waals surface area contributed by atoms with Crippen molar-refractivity contribution in [3.63, 3.8) is 0 Å². The number of rotatable bonds is 6. The highest BCUT2D eigenvalue weighted by atomic mass is 32.1. The molecule has 4 rings (SSSR count). The summed E-state index contributed by atoms with van der Waals surface area (Å²) < 4.78 is 0. The maximum atomic E-state index is 13.3. The van der Waals surface area contributed by atoms with Crippen LogP contribution < -0.4 is 5.32 Å². The van der Waals surface area contributed by atoms with E-state index in [4.69, 9.17) is 0 Å². The average Bonchev–Trinajstić information content (AvgIpc) is 3.45. The van der Waals surface area contributed by atoms with Crippen LogP contribution in [0.2, 0.25) is 0 Å². The fraction of sp³-hybridized carbons (Fsp3) is 0.360. The summed E-state index contributed by atoms with van der Waals surface area (Å²) in [6, 6.07) is 12.4. The highest BCUT2D eigenvalue weighted by Crippen LogP contribution is 2.39. The third-order valence-electron chi connectivity index (χ3n) is 6.12. The lowest BCUT2D eigenvalue weighted by molar-refractivity contribution is -0.130. The van der Waals surface area contributed by atoms with Crippen LogP contribution in [0.5, 0.6) is 0 Å². The molecule has 1 fully saturated rings. The van der Waals surface area contributed by atoms with Crippen LogP contribution in [0.25, 0.3) is 10.4 Å². The van der Waals surface area contributed by atoms with Gasteiger partial charge in [0.2, 0.25) is 5.91 Å². The number of benzene rings is 1. The summed E-state index contributed by atoms with van der Waals surface area (Å²) in [7, 11) is 0. The molecule has 0 radical (unpaired) electrons. The van der Waals surface area contributed by atoms with E-state index in [1.807, 2.05) is 39.0 Å². The number of aromatic nitrogens is 2. The van der Waals surface area contributed by atoms with Gasteiger partial charge in [0.25, 0.3) is 5.91 Å². The maximum Gasteiger partial charge on any atom is 0.257 e. The van der Waals surface area contributed by atoms with Crippen molar-refractivity contribution < 1.29 is 9.59 Å². The molecule has 32 heavy (non-hydrogen) atoms. The predicted octanol–water partition coefficient (Wildman–Crippen LogP) is 4.03. The van der Waals surface area contributed by atoms with Crippen molar-refractivity contribution in [3.05, 3.63) is 70.6 Å². The molecule has 166 valence electrons. The van der Waals surface area contributed by atoms with E-state index in [-0.39, 0.29) is 11.8 Å². The molecule has 1 atom stereocenters. The lowest BCUT2D eigenvalue weighted by Crippen LogP contribution is -2.45. The molecule has 7 heteroatoms. The first-order valence-electron chi connectivity index (χ1n) is 10.9. The van der Waals surface area contributed by atoms with Gasteiger partial charge in [0.1, 0.15) is 5.82 Å². The number of likely N-dealkylation sites (tertiary alicyclic amines) is 1. The molecule has 0 saturated carbocycles. The lowest BCUT2D eigenvalue weighted by atomic mass is 9.78. The van der Waals surface area contributed by atoms with Gasteiger partial charge in [-0.1, -0.05) is 30.3 Å². The van der Waals surface area contributed by atoms with Gasteiger partial charge in [0, 0.05) is 30.7 Å². The number of carbonyl (C=O) groups is 2. The number of nitrogens with zero attached hydrogens (tertiary/aromatic N) is 3. The quantitative estimate of drug-likeness (QED) is 0.618. The zero-order chi connectivity index (χ0) is 22.7. The molecule has 0 bridgehead atoms. The number of thiophene rings is 1. The van der Waals surface area contributed by atoms with E-state index >= 15 is 0 Å². The lowest BCUT2D eigenvalue weighted by Gasteiger charge is -2.29. The van der Waals surface area contributed by atoms with Gasteiger partial charge >= 0.3 is 0 Å². The molecular formula is C25H28N4O2S. The van der Waals surface area contributed by atoms with Gasteiger partial charge in [-0.15, -0.1) is 11.3 Å². The Labute approximate surface area is 192 Å². The zero-order valence-electron chi connectivity index (χ0n) is 18.7. The first-order chi connectivity index (χ1) is 15.4. The van der Waals surface area contributed by atoms with Crippen molar-refractivity contribution in [2.75, 3.05) is 19.6 Å². The summed E-state index contributed by atoms with van der Waals surface area (Å²) in [6.45, 7) is 7.03. The molecule has 3 aromatic rings. The van der Waals surface area contributed by atoms with Crippen molar-refractivity contribution in [1.29, 1.82) is 0 Å². The largest absolute Gasteiger partial charge is 0.356 e. The average molecular weight is 449 g/mol. The van der Waals surface area contributed by atoms with Crippen molar-refractivity contribution in [2.24, 2.45) is 5.41 Å². The van der Waals surface area contributed by atoms with Gasteiger partial charge < -0.3 is 10.2 Å². The monoisotopic (exact) mass is 448 g/mol. The Morgan fingerprint density at radius 3 is 2.72 bits per heavy atom. The fourth-order valence-electron chi connectivity index (χ4n) is 4.48. The minimum Gasteiger partial charge on any atom is -0.356 e. The number of nitrogens with one attached hydrogen (secondary N) is 1. The zero-order valence-corrected chi connectivity index (χ0v) is 19.5. The normalized spacial score (nSPS) is 18.0. The van der Waals surface area contributed by atoms with Crippen molar-refractivity contribution in [1.82, 2.24) is 20.2 Å². The summed E-state index contributed by atoms with van der Waals surface area (Å²) >= 11 is 1.69. The van der Waals surface area contributed by atoms with Crippen molar-refractivity contribution >= 4 is 23.2 Å². The van der Waals surface area contributed by atoms with Crippen LogP contribution >= 0.6 is 11.3 Å². The minimum atomic E-state index is -0.668. The van der Waals surface area contributed by atoms with Gasteiger partial charge in [0.15, 0.2) is 0 Å². The number of amides is 2. The van der Waals surface area contributed by atoms with E-state index in [1.54, 1.807) is 22.4 Å². The topological polar surface area (TPSA) is 75.2 Å². The molecule has 1 unspecified atom stereocenters. The summed E-state index contributed by atoms with van der Waals surface area (Å²) in [6.07, 6.45) is 2.80. The first-order valence-corrected chi connectivity index (χ1v) is 11.8. The van der Waals surface area contributed by atoms with Crippen molar-refractivity contribution in [3.8, 4) is 10.4 Å². The molecule has 1 N–H and O–H groups in total. The fourth-order valence-corrected chi connectivity index (χ4v) is 5.27. The van der Waals surface area contributed by atoms with E-state index in [9.17, 15) is 9.59 Å². The summed E-state index contributed by atoms with van der Waals surface area (Å²) in [5.41, 5.74) is 2.78. The molecule has 2 aromatic heterocycles. The van der Waals surface area contributed by atoms with Gasteiger partial charge in [-0.05, 0) is 56.2 Å². The summed E-state index contributed by atoms with van der Waals surface area (Å²) in [5.74, 6) is 0.538. The molecule has 2 amide bonds. The van der Waals surface area contributed by atoms with Gasteiger partial charge in [-0.3, -0.25) is 9.59 Å². The molecule has 1 saturated heterocycles. The number of aryl methyl sites for hydroxylation is 2. The highest BCUT2D eigenvalue weighted by molar-refractivity contribution is 7.13. The van der Waals surface area contributed by atoms with Crippen LogP contribution in [0, 0.1) is 19.3 Å². The van der Waals surface area contributed by atoms with Crippen LogP contribution in [0.4, 0.5) is 0 Å². The Kier molecular flexibility index (Phi) is 6.37. The number of carbonyl (C=O) groups excluding carboxylic acids is 2. The number of hydrogen-bond donors (Lipinski definition) is 1. The van der Waals surface area contributed by atoms with Gasteiger partial charge in [0.05, 0.1) is 16.7 Å². The van der Waals surface area contributed by atoms with E-state index in [2.05, 4.69) is 38.9 Å². The Morgan fingerprint density at radius 1 is 1.19 bits per heavy atom. The number of hydrogen-bond acceptors (Lipinski definition) is 5. The smallest absolute Gasteiger partial charge is 0.257 e. The van der Waals surface area contributed by atoms with Gasteiger partial charge in [-0.2, -0.15) is 0 Å². The second-order valence-corrected chi connectivity index (χ2v) is 9.29. The molecule has 0 spiro atoms. The molecule has 3 heterocycles. The van der Waals surface area contributed by atoms with E-state index in [1.165, 1.54) is 4.88 Å². The Bertz CT molecular complexity index is 1130. The van der Waals surface area contributed by atoms with Crippen LogP contribution in [0.15, 0.2) is 48.0 Å². The third kappa shape index (κ3) is 4.30. The van der Waals surface area contributed by atoms with E-state index < -0.39 is 5.41 Å². The Morgan fingerprint density at radius 2 is 2.00 bits per heavy atom. The van der Waals surface area contributed by atoms with E-state index in [0.717, 1.165) is 11.1 Å². The van der Waals surface area contributed by atoms with Gasteiger partial charge in [-0.25, -0.2) is 9.97 Å². The van der Waals surface area contributed by atoms with E-state index in [0.29, 0.717) is 49.6 Å². The summed E-state index contributed by atoms with van der Waals surface area (Å²) in [4.78, 5) is 38.1. The second-order valence-electron chi connectivity index (χ2n) is 8.34. The molecule has 1 aromatic carbocycles. The van der Waals surface area contributed by atoms with Crippen LogP contribution in [0.3, 0.4) is 0 Å². The first kappa shape index (κ1) is 22.1. The standard InChI is InChI=1S/C25H28N4O2S/c1-4-26-24(31)25(14-19-8-5-6-9-20(19)22-10-7-13-32-22)11-12-29(16-25)23(30)21-15-27-18(3)28-17(21)2/h5-10,13,15H,4,11-12,14,16H2,1-3H3,(H,26,31). The molecule has 1 aliphatic rings. The Balaban J connectivity index is 1.65. The van der Waals surface area contributed by atoms with Crippen molar-refractivity contribution in [2.45, 2.75) is 33.6 Å². The third-order valence-corrected chi connectivity index (χ3v) is 7.03. The second kappa shape index (κ2) is 9.20.